The van der Waals surface area contributed by atoms with Gasteiger partial charge in [0.1, 0.15) is 5.82 Å². The zero-order valence-electron chi connectivity index (χ0n) is 11.4. The highest BCUT2D eigenvalue weighted by molar-refractivity contribution is 6.08. The van der Waals surface area contributed by atoms with E-state index in [0.717, 1.165) is 6.92 Å². The Morgan fingerprint density at radius 3 is 2.27 bits per heavy atom. The number of nitrogens with one attached hydrogen (secondary N) is 2. The van der Waals surface area contributed by atoms with E-state index in [4.69, 9.17) is 0 Å². The molecular weight excluding hydrogens is 297 g/mol. The minimum absolute atomic E-state index is 0.406. The average Bonchev–Trinajstić information content (AvgIpc) is 2.49. The number of rotatable bonds is 2. The van der Waals surface area contributed by atoms with Crippen molar-refractivity contribution in [2.45, 2.75) is 6.92 Å². The molecule has 0 fully saturated rings. The molecule has 22 heavy (non-hydrogen) atoms. The SMILES string of the molecule is Cc1c(F)c(F)cc(C(=O)NC(=O)Nc2ccccc2)c1F. The summed E-state index contributed by atoms with van der Waals surface area (Å²) in [6.07, 6.45) is 0. The number of benzene rings is 2. The highest BCUT2D eigenvalue weighted by atomic mass is 19.2. The number of hydrogen-bond acceptors (Lipinski definition) is 2. The molecule has 0 aliphatic carbocycles. The van der Waals surface area contributed by atoms with Crippen molar-refractivity contribution in [1.82, 2.24) is 5.32 Å². The van der Waals surface area contributed by atoms with Crippen LogP contribution in [0.2, 0.25) is 0 Å². The molecule has 2 N–H and O–H groups in total. The van der Waals surface area contributed by atoms with Gasteiger partial charge in [-0.1, -0.05) is 18.2 Å². The fraction of sp³-hybridized carbons (Fsp3) is 0.0667. The molecule has 0 saturated carbocycles. The van der Waals surface area contributed by atoms with Gasteiger partial charge in [-0.2, -0.15) is 0 Å². The third-order valence-electron chi connectivity index (χ3n) is 2.88. The zero-order valence-corrected chi connectivity index (χ0v) is 11.4. The Morgan fingerprint density at radius 2 is 1.64 bits per heavy atom. The summed E-state index contributed by atoms with van der Waals surface area (Å²) in [5.41, 5.74) is -0.969. The molecule has 0 unspecified atom stereocenters. The van der Waals surface area contributed by atoms with Crippen LogP contribution in [-0.4, -0.2) is 11.9 Å². The van der Waals surface area contributed by atoms with Crippen LogP contribution in [0.5, 0.6) is 0 Å². The number of carbonyl (C=O) groups is 2. The minimum atomic E-state index is -1.37. The molecule has 2 aromatic carbocycles. The van der Waals surface area contributed by atoms with Gasteiger partial charge in [-0.15, -0.1) is 0 Å². The molecule has 0 aromatic heterocycles. The molecule has 114 valence electrons. The molecule has 3 amide bonds. The van der Waals surface area contributed by atoms with Crippen molar-refractivity contribution >= 4 is 17.6 Å². The van der Waals surface area contributed by atoms with Crippen LogP contribution in [0.1, 0.15) is 15.9 Å². The Balaban J connectivity index is 2.14. The maximum Gasteiger partial charge on any atom is 0.326 e. The summed E-state index contributed by atoms with van der Waals surface area (Å²) in [5, 5.41) is 4.18. The molecule has 0 heterocycles. The molecule has 0 radical (unpaired) electrons. The van der Waals surface area contributed by atoms with Crippen LogP contribution in [0, 0.1) is 24.4 Å². The van der Waals surface area contributed by atoms with E-state index in [2.05, 4.69) is 5.32 Å². The van der Waals surface area contributed by atoms with Crippen LogP contribution >= 0.6 is 0 Å². The van der Waals surface area contributed by atoms with E-state index in [1.807, 2.05) is 5.32 Å². The zero-order chi connectivity index (χ0) is 16.3. The second-order valence-electron chi connectivity index (χ2n) is 4.43. The number of amides is 3. The first-order chi connectivity index (χ1) is 10.4. The van der Waals surface area contributed by atoms with Gasteiger partial charge < -0.3 is 5.32 Å². The number of anilines is 1. The van der Waals surface area contributed by atoms with Gasteiger partial charge in [-0.05, 0) is 25.1 Å². The quantitative estimate of drug-likeness (QED) is 0.836. The largest absolute Gasteiger partial charge is 0.326 e. The third kappa shape index (κ3) is 3.25. The smallest absolute Gasteiger partial charge is 0.308 e. The molecule has 0 aliphatic rings. The molecule has 0 atom stereocenters. The summed E-state index contributed by atoms with van der Waals surface area (Å²) in [7, 11) is 0. The Hall–Kier alpha value is -2.83. The second kappa shape index (κ2) is 6.30. The van der Waals surface area contributed by atoms with Crippen LogP contribution in [0.25, 0.3) is 0 Å². The van der Waals surface area contributed by atoms with Crippen LogP contribution < -0.4 is 10.6 Å². The molecule has 4 nitrogen and oxygen atoms in total. The average molecular weight is 308 g/mol. The lowest BCUT2D eigenvalue weighted by atomic mass is 10.1. The highest BCUT2D eigenvalue weighted by Crippen LogP contribution is 2.19. The number of carbonyl (C=O) groups excluding carboxylic acids is 2. The number of halogens is 3. The van der Waals surface area contributed by atoms with E-state index >= 15 is 0 Å². The predicted octanol–water partition coefficient (Wildman–Crippen LogP) is 3.37. The Kier molecular flexibility index (Phi) is 4.45. The first-order valence-corrected chi connectivity index (χ1v) is 6.21. The van der Waals surface area contributed by atoms with Crippen molar-refractivity contribution in [2.75, 3.05) is 5.32 Å². The fourth-order valence-electron chi connectivity index (χ4n) is 1.75. The van der Waals surface area contributed by atoms with Gasteiger partial charge in [0.15, 0.2) is 11.6 Å². The normalized spacial score (nSPS) is 10.2. The molecule has 0 bridgehead atoms. The van der Waals surface area contributed by atoms with E-state index < -0.39 is 40.5 Å². The third-order valence-corrected chi connectivity index (χ3v) is 2.88. The van der Waals surface area contributed by atoms with E-state index in [-0.39, 0.29) is 0 Å². The van der Waals surface area contributed by atoms with Gasteiger partial charge in [-0.25, -0.2) is 18.0 Å². The summed E-state index contributed by atoms with van der Waals surface area (Å²) in [5.74, 6) is -5.13. The summed E-state index contributed by atoms with van der Waals surface area (Å²) < 4.78 is 40.2. The summed E-state index contributed by atoms with van der Waals surface area (Å²) >= 11 is 0. The van der Waals surface area contributed by atoms with Gasteiger partial charge >= 0.3 is 6.03 Å². The van der Waals surface area contributed by atoms with Gasteiger partial charge in [0.2, 0.25) is 0 Å². The van der Waals surface area contributed by atoms with Crippen molar-refractivity contribution in [3.8, 4) is 0 Å². The van der Waals surface area contributed by atoms with E-state index in [1.54, 1.807) is 30.3 Å². The molecule has 0 spiro atoms. The number of para-hydroxylation sites is 1. The molecule has 2 rings (SSSR count). The van der Waals surface area contributed by atoms with Gasteiger partial charge in [-0.3, -0.25) is 10.1 Å². The van der Waals surface area contributed by atoms with Crippen molar-refractivity contribution in [2.24, 2.45) is 0 Å². The molecule has 0 saturated heterocycles. The minimum Gasteiger partial charge on any atom is -0.308 e. The molecular formula is C15H11F3N2O2. The Labute approximate surface area is 124 Å². The first kappa shape index (κ1) is 15.6. The lowest BCUT2D eigenvalue weighted by Crippen LogP contribution is -2.35. The number of urea groups is 1. The van der Waals surface area contributed by atoms with Gasteiger partial charge in [0.05, 0.1) is 5.56 Å². The molecule has 7 heteroatoms. The van der Waals surface area contributed by atoms with E-state index in [1.165, 1.54) is 0 Å². The van der Waals surface area contributed by atoms with Crippen LogP contribution in [0.4, 0.5) is 23.7 Å². The van der Waals surface area contributed by atoms with Crippen LogP contribution in [-0.2, 0) is 0 Å². The maximum atomic E-state index is 13.8. The predicted molar refractivity (Wildman–Crippen MR) is 74.0 cm³/mol. The summed E-state index contributed by atoms with van der Waals surface area (Å²) in [4.78, 5) is 23.4. The Bertz CT molecular complexity index is 733. The monoisotopic (exact) mass is 308 g/mol. The lowest BCUT2D eigenvalue weighted by Gasteiger charge is -2.09. The lowest BCUT2D eigenvalue weighted by molar-refractivity contribution is 0.0962. The highest BCUT2D eigenvalue weighted by Gasteiger charge is 2.21. The van der Waals surface area contributed by atoms with Crippen molar-refractivity contribution in [3.05, 3.63) is 65.0 Å². The standard InChI is InChI=1S/C15H11F3N2O2/c1-8-12(17)10(7-11(16)13(8)18)14(21)20-15(22)19-9-5-3-2-4-6-9/h2-7H,1H3,(H2,19,20,21,22). The Morgan fingerprint density at radius 1 is 1.00 bits per heavy atom. The van der Waals surface area contributed by atoms with E-state index in [9.17, 15) is 22.8 Å². The molecule has 0 aliphatic heterocycles. The van der Waals surface area contributed by atoms with Gasteiger partial charge in [0.25, 0.3) is 5.91 Å². The number of hydrogen-bond donors (Lipinski definition) is 2. The van der Waals surface area contributed by atoms with Crippen LogP contribution in [0.3, 0.4) is 0 Å². The van der Waals surface area contributed by atoms with Crippen molar-refractivity contribution < 1.29 is 22.8 Å². The first-order valence-electron chi connectivity index (χ1n) is 6.21. The van der Waals surface area contributed by atoms with Crippen LogP contribution in [0.15, 0.2) is 36.4 Å². The number of imide groups is 1. The van der Waals surface area contributed by atoms with Gasteiger partial charge in [0, 0.05) is 11.3 Å². The molecule has 2 aromatic rings. The fourth-order valence-corrected chi connectivity index (χ4v) is 1.75. The van der Waals surface area contributed by atoms with Crippen molar-refractivity contribution in [3.63, 3.8) is 0 Å². The summed E-state index contributed by atoms with van der Waals surface area (Å²) in [6.45, 7) is 0.995. The van der Waals surface area contributed by atoms with Crippen molar-refractivity contribution in [1.29, 1.82) is 0 Å². The second-order valence-corrected chi connectivity index (χ2v) is 4.43. The van der Waals surface area contributed by atoms with E-state index in [0.29, 0.717) is 11.8 Å². The summed E-state index contributed by atoms with van der Waals surface area (Å²) in [6, 6.07) is 7.69. The maximum absolute atomic E-state index is 13.8. The topological polar surface area (TPSA) is 58.2 Å².